The minimum atomic E-state index is -0.324. The van der Waals surface area contributed by atoms with E-state index in [0.717, 1.165) is 41.4 Å². The standard InChI is InChI=1S/C15H20N2O3/c1-5-6-7-10-13-9(2)14(20-4)12(19-3)8-11(13)17-15(18)16-10/h8H,5-7H2,1-4H3,(H,16,17,18). The summed E-state index contributed by atoms with van der Waals surface area (Å²) in [6, 6.07) is 1.79. The predicted octanol–water partition coefficient (Wildman–Crippen LogP) is 2.59. The molecular formula is C15H20N2O3. The lowest BCUT2D eigenvalue weighted by molar-refractivity contribution is 0.354. The maximum absolute atomic E-state index is 11.7. The van der Waals surface area contributed by atoms with Crippen molar-refractivity contribution >= 4 is 10.9 Å². The van der Waals surface area contributed by atoms with Crippen LogP contribution in [0.2, 0.25) is 0 Å². The molecule has 5 nitrogen and oxygen atoms in total. The number of H-pyrrole nitrogens is 1. The molecule has 0 bridgehead atoms. The molecule has 5 heteroatoms. The Labute approximate surface area is 117 Å². The highest BCUT2D eigenvalue weighted by molar-refractivity contribution is 5.88. The maximum Gasteiger partial charge on any atom is 0.345 e. The summed E-state index contributed by atoms with van der Waals surface area (Å²) < 4.78 is 10.7. The number of rotatable bonds is 5. The fourth-order valence-electron chi connectivity index (χ4n) is 2.49. The van der Waals surface area contributed by atoms with Gasteiger partial charge in [-0.1, -0.05) is 13.3 Å². The molecule has 0 unspecified atom stereocenters. The van der Waals surface area contributed by atoms with Gasteiger partial charge in [-0.25, -0.2) is 4.79 Å². The van der Waals surface area contributed by atoms with Gasteiger partial charge in [-0.3, -0.25) is 0 Å². The van der Waals surface area contributed by atoms with Gasteiger partial charge in [-0.2, -0.15) is 4.98 Å². The van der Waals surface area contributed by atoms with Crippen molar-refractivity contribution in [1.82, 2.24) is 9.97 Å². The Kier molecular flexibility index (Phi) is 4.27. The molecule has 0 saturated carbocycles. The van der Waals surface area contributed by atoms with Gasteiger partial charge < -0.3 is 14.5 Å². The second-order valence-electron chi connectivity index (χ2n) is 4.75. The van der Waals surface area contributed by atoms with Crippen molar-refractivity contribution in [3.05, 3.63) is 27.8 Å². The first-order valence-electron chi connectivity index (χ1n) is 6.76. The van der Waals surface area contributed by atoms with Crippen LogP contribution in [0.5, 0.6) is 11.5 Å². The van der Waals surface area contributed by atoms with E-state index in [1.165, 1.54) is 0 Å². The topological polar surface area (TPSA) is 64.2 Å². The molecule has 20 heavy (non-hydrogen) atoms. The molecule has 0 saturated heterocycles. The largest absolute Gasteiger partial charge is 0.493 e. The van der Waals surface area contributed by atoms with Crippen molar-refractivity contribution in [2.75, 3.05) is 14.2 Å². The van der Waals surface area contributed by atoms with Crippen LogP contribution >= 0.6 is 0 Å². The minimum Gasteiger partial charge on any atom is -0.493 e. The Morgan fingerprint density at radius 3 is 2.65 bits per heavy atom. The normalized spacial score (nSPS) is 10.8. The number of aromatic amines is 1. The van der Waals surface area contributed by atoms with Crippen LogP contribution in [0.4, 0.5) is 0 Å². The molecule has 1 aromatic carbocycles. The molecule has 108 valence electrons. The SMILES string of the molecule is CCCCc1nc(=O)[nH]c2cc(OC)c(OC)c(C)c12. The summed E-state index contributed by atoms with van der Waals surface area (Å²) in [4.78, 5) is 18.6. The summed E-state index contributed by atoms with van der Waals surface area (Å²) in [5.74, 6) is 1.30. The molecule has 2 rings (SSSR count). The third kappa shape index (κ3) is 2.48. The van der Waals surface area contributed by atoms with Gasteiger partial charge in [0.25, 0.3) is 0 Å². The summed E-state index contributed by atoms with van der Waals surface area (Å²) in [6.07, 6.45) is 2.84. The van der Waals surface area contributed by atoms with Gasteiger partial charge >= 0.3 is 5.69 Å². The molecule has 1 N–H and O–H groups in total. The van der Waals surface area contributed by atoms with E-state index < -0.39 is 0 Å². The molecule has 1 heterocycles. The zero-order chi connectivity index (χ0) is 14.7. The third-order valence-corrected chi connectivity index (χ3v) is 3.44. The first kappa shape index (κ1) is 14.4. The number of unbranched alkanes of at least 4 members (excludes halogenated alkanes) is 1. The number of nitrogens with one attached hydrogen (secondary N) is 1. The van der Waals surface area contributed by atoms with Crippen LogP contribution in [0.3, 0.4) is 0 Å². The maximum atomic E-state index is 11.7. The number of hydrogen-bond acceptors (Lipinski definition) is 4. The highest BCUT2D eigenvalue weighted by Crippen LogP contribution is 2.36. The fraction of sp³-hybridized carbons (Fsp3) is 0.467. The van der Waals surface area contributed by atoms with Gasteiger partial charge in [-0.15, -0.1) is 0 Å². The first-order valence-corrected chi connectivity index (χ1v) is 6.76. The lowest BCUT2D eigenvalue weighted by Gasteiger charge is -2.14. The Balaban J connectivity index is 2.77. The highest BCUT2D eigenvalue weighted by atomic mass is 16.5. The van der Waals surface area contributed by atoms with E-state index in [1.807, 2.05) is 6.92 Å². The lowest BCUT2D eigenvalue weighted by Crippen LogP contribution is -2.14. The van der Waals surface area contributed by atoms with Gasteiger partial charge in [0.1, 0.15) is 0 Å². The zero-order valence-electron chi connectivity index (χ0n) is 12.4. The van der Waals surface area contributed by atoms with Crippen LogP contribution in [-0.2, 0) is 6.42 Å². The Bertz CT molecular complexity index is 677. The number of hydrogen-bond donors (Lipinski definition) is 1. The number of nitrogens with zero attached hydrogens (tertiary/aromatic N) is 1. The van der Waals surface area contributed by atoms with Crippen LogP contribution in [0.25, 0.3) is 10.9 Å². The van der Waals surface area contributed by atoms with Crippen LogP contribution < -0.4 is 15.2 Å². The molecule has 1 aromatic heterocycles. The van der Waals surface area contributed by atoms with Crippen molar-refractivity contribution in [2.45, 2.75) is 33.1 Å². The first-order chi connectivity index (χ1) is 9.62. The summed E-state index contributed by atoms with van der Waals surface area (Å²) in [5, 5.41) is 0.954. The summed E-state index contributed by atoms with van der Waals surface area (Å²) in [7, 11) is 3.20. The van der Waals surface area contributed by atoms with Crippen LogP contribution in [0.15, 0.2) is 10.9 Å². The minimum absolute atomic E-state index is 0.324. The van der Waals surface area contributed by atoms with E-state index in [4.69, 9.17) is 9.47 Å². The van der Waals surface area contributed by atoms with Crippen molar-refractivity contribution in [1.29, 1.82) is 0 Å². The monoisotopic (exact) mass is 276 g/mol. The quantitative estimate of drug-likeness (QED) is 0.911. The number of aromatic nitrogens is 2. The van der Waals surface area contributed by atoms with E-state index in [2.05, 4.69) is 16.9 Å². The molecular weight excluding hydrogens is 256 g/mol. The summed E-state index contributed by atoms with van der Waals surface area (Å²) in [6.45, 7) is 4.07. The average Bonchev–Trinajstić information content (AvgIpc) is 2.43. The number of fused-ring (bicyclic) bond motifs is 1. The molecule has 0 aliphatic carbocycles. The van der Waals surface area contributed by atoms with E-state index >= 15 is 0 Å². The van der Waals surface area contributed by atoms with Gasteiger partial charge in [0.15, 0.2) is 11.5 Å². The van der Waals surface area contributed by atoms with E-state index in [9.17, 15) is 4.79 Å². The fourth-order valence-corrected chi connectivity index (χ4v) is 2.49. The third-order valence-electron chi connectivity index (χ3n) is 3.44. The van der Waals surface area contributed by atoms with Gasteiger partial charge in [0, 0.05) is 17.0 Å². The smallest absolute Gasteiger partial charge is 0.345 e. The summed E-state index contributed by atoms with van der Waals surface area (Å²) >= 11 is 0. The molecule has 0 atom stereocenters. The van der Waals surface area contributed by atoms with E-state index in [0.29, 0.717) is 11.5 Å². The van der Waals surface area contributed by atoms with Gasteiger partial charge in [0.2, 0.25) is 0 Å². The summed E-state index contributed by atoms with van der Waals surface area (Å²) in [5.41, 5.74) is 2.18. The van der Waals surface area contributed by atoms with E-state index in [-0.39, 0.29) is 5.69 Å². The predicted molar refractivity (Wildman–Crippen MR) is 78.8 cm³/mol. The number of benzene rings is 1. The van der Waals surface area contributed by atoms with E-state index in [1.54, 1.807) is 20.3 Å². The van der Waals surface area contributed by atoms with Crippen molar-refractivity contribution in [3.63, 3.8) is 0 Å². The zero-order valence-corrected chi connectivity index (χ0v) is 12.4. The molecule has 0 aliphatic heterocycles. The van der Waals surface area contributed by atoms with Crippen molar-refractivity contribution in [2.24, 2.45) is 0 Å². The second kappa shape index (κ2) is 5.94. The molecule has 2 aromatic rings. The molecule has 0 fully saturated rings. The Morgan fingerprint density at radius 1 is 1.30 bits per heavy atom. The highest BCUT2D eigenvalue weighted by Gasteiger charge is 2.16. The molecule has 0 aliphatic rings. The number of ether oxygens (including phenoxy) is 2. The molecule has 0 radical (unpaired) electrons. The van der Waals surface area contributed by atoms with Crippen LogP contribution in [-0.4, -0.2) is 24.2 Å². The van der Waals surface area contributed by atoms with Crippen molar-refractivity contribution in [3.8, 4) is 11.5 Å². The Hall–Kier alpha value is -2.04. The second-order valence-corrected chi connectivity index (χ2v) is 4.75. The molecule has 0 amide bonds. The number of aryl methyl sites for hydroxylation is 2. The van der Waals surface area contributed by atoms with Gasteiger partial charge in [-0.05, 0) is 19.8 Å². The van der Waals surface area contributed by atoms with Crippen LogP contribution in [0.1, 0.15) is 31.0 Å². The lowest BCUT2D eigenvalue weighted by atomic mass is 10.0. The number of methoxy groups -OCH3 is 2. The van der Waals surface area contributed by atoms with Crippen LogP contribution in [0, 0.1) is 6.92 Å². The Morgan fingerprint density at radius 2 is 2.05 bits per heavy atom. The average molecular weight is 276 g/mol. The van der Waals surface area contributed by atoms with Gasteiger partial charge in [0.05, 0.1) is 25.4 Å². The van der Waals surface area contributed by atoms with Crippen molar-refractivity contribution < 1.29 is 9.47 Å². The molecule has 0 spiro atoms.